The van der Waals surface area contributed by atoms with Gasteiger partial charge in [0.25, 0.3) is 5.56 Å². The van der Waals surface area contributed by atoms with Crippen LogP contribution in [-0.4, -0.2) is 22.3 Å². The highest BCUT2D eigenvalue weighted by Gasteiger charge is 2.43. The van der Waals surface area contributed by atoms with Crippen molar-refractivity contribution in [3.8, 4) is 0 Å². The number of carbonyl (C=O) groups excluding carboxylic acids is 1. The molecular formula is C27H36N2O3. The van der Waals surface area contributed by atoms with Crippen molar-refractivity contribution in [2.45, 2.75) is 95.7 Å². The van der Waals surface area contributed by atoms with Crippen LogP contribution in [0, 0.1) is 11.8 Å². The quantitative estimate of drug-likeness (QED) is 0.633. The van der Waals surface area contributed by atoms with E-state index in [0.29, 0.717) is 23.8 Å². The number of nitrogens with zero attached hydrogens (tertiary/aromatic N) is 1. The number of ether oxygens (including phenoxy) is 1. The van der Waals surface area contributed by atoms with Gasteiger partial charge in [0.15, 0.2) is 0 Å². The van der Waals surface area contributed by atoms with Gasteiger partial charge in [-0.15, -0.1) is 0 Å². The van der Waals surface area contributed by atoms with E-state index < -0.39 is 5.60 Å². The van der Waals surface area contributed by atoms with Gasteiger partial charge in [-0.2, -0.15) is 0 Å². The number of benzene rings is 1. The Bertz CT molecular complexity index is 1040. The van der Waals surface area contributed by atoms with Crippen LogP contribution in [0.25, 0.3) is 10.8 Å². The Morgan fingerprint density at radius 2 is 1.56 bits per heavy atom. The van der Waals surface area contributed by atoms with Crippen molar-refractivity contribution >= 4 is 16.9 Å². The van der Waals surface area contributed by atoms with E-state index in [4.69, 9.17) is 4.74 Å². The van der Waals surface area contributed by atoms with Gasteiger partial charge in [-0.1, -0.05) is 18.2 Å². The molecule has 3 fully saturated rings. The third-order valence-electron chi connectivity index (χ3n) is 7.40. The van der Waals surface area contributed by atoms with Crippen LogP contribution < -0.4 is 10.9 Å². The number of hydrogen-bond acceptors (Lipinski definition) is 3. The van der Waals surface area contributed by atoms with Crippen molar-refractivity contribution in [2.75, 3.05) is 0 Å². The first kappa shape index (κ1) is 21.5. The Hall–Kier alpha value is -2.30. The first-order valence-electron chi connectivity index (χ1n) is 12.4. The molecular weight excluding hydrogens is 400 g/mol. The van der Waals surface area contributed by atoms with E-state index >= 15 is 0 Å². The minimum Gasteiger partial charge on any atom is -0.444 e. The number of amides is 1. The van der Waals surface area contributed by atoms with Crippen molar-refractivity contribution in [1.82, 2.24) is 9.88 Å². The number of aromatic nitrogens is 1. The molecule has 3 aliphatic rings. The molecule has 2 aromatic rings. The molecule has 1 heterocycles. The standard InChI is InChI=1S/C27H36N2O3/c1-27(2,3)32-26(31)28-20-14-12-17(13-15-20)23-16-29(24(18-8-9-18)19-10-11-19)25(30)22-7-5-4-6-21(22)23/h4-7,16-20,24H,8-15H2,1-3H3,(H,28,31). The summed E-state index contributed by atoms with van der Waals surface area (Å²) >= 11 is 0. The fourth-order valence-corrected chi connectivity index (χ4v) is 5.62. The first-order valence-corrected chi connectivity index (χ1v) is 12.4. The summed E-state index contributed by atoms with van der Waals surface area (Å²) in [6.07, 6.45) is 10.8. The Morgan fingerprint density at radius 3 is 2.12 bits per heavy atom. The summed E-state index contributed by atoms with van der Waals surface area (Å²) < 4.78 is 7.56. The second-order valence-corrected chi connectivity index (χ2v) is 11.2. The SMILES string of the molecule is CC(C)(C)OC(=O)NC1CCC(c2cn(C(C3CC3)C3CC3)c(=O)c3ccccc23)CC1. The average molecular weight is 437 g/mol. The zero-order valence-corrected chi connectivity index (χ0v) is 19.6. The lowest BCUT2D eigenvalue weighted by Gasteiger charge is -2.31. The largest absolute Gasteiger partial charge is 0.444 e. The van der Waals surface area contributed by atoms with Gasteiger partial charge >= 0.3 is 6.09 Å². The van der Waals surface area contributed by atoms with Crippen molar-refractivity contribution < 1.29 is 9.53 Å². The summed E-state index contributed by atoms with van der Waals surface area (Å²) in [5.41, 5.74) is 1.03. The lowest BCUT2D eigenvalue weighted by atomic mass is 9.80. The Balaban J connectivity index is 1.38. The highest BCUT2D eigenvalue weighted by atomic mass is 16.6. The van der Waals surface area contributed by atoms with Crippen LogP contribution in [-0.2, 0) is 4.74 Å². The van der Waals surface area contributed by atoms with Crippen molar-refractivity contribution in [2.24, 2.45) is 11.8 Å². The van der Waals surface area contributed by atoms with Gasteiger partial charge in [0.2, 0.25) is 0 Å². The fourth-order valence-electron chi connectivity index (χ4n) is 5.62. The molecule has 3 aliphatic carbocycles. The van der Waals surface area contributed by atoms with Gasteiger partial charge in [0, 0.05) is 23.7 Å². The Morgan fingerprint density at radius 1 is 0.969 bits per heavy atom. The third-order valence-corrected chi connectivity index (χ3v) is 7.40. The molecule has 1 aromatic carbocycles. The molecule has 0 aliphatic heterocycles. The summed E-state index contributed by atoms with van der Waals surface area (Å²) in [4.78, 5) is 25.6. The Labute approximate surface area is 190 Å². The number of fused-ring (bicyclic) bond motifs is 1. The zero-order chi connectivity index (χ0) is 22.5. The molecule has 0 spiro atoms. The summed E-state index contributed by atoms with van der Waals surface area (Å²) in [6.45, 7) is 5.67. The first-order chi connectivity index (χ1) is 15.3. The van der Waals surface area contributed by atoms with Crippen molar-refractivity contribution in [3.63, 3.8) is 0 Å². The van der Waals surface area contributed by atoms with Gasteiger partial charge in [-0.25, -0.2) is 4.79 Å². The van der Waals surface area contributed by atoms with E-state index in [0.717, 1.165) is 36.5 Å². The van der Waals surface area contributed by atoms with E-state index in [1.54, 1.807) is 0 Å². The van der Waals surface area contributed by atoms with Crippen molar-refractivity contribution in [3.05, 3.63) is 46.4 Å². The molecule has 0 saturated heterocycles. The molecule has 5 heteroatoms. The molecule has 1 aromatic heterocycles. The summed E-state index contributed by atoms with van der Waals surface area (Å²) in [5, 5.41) is 5.03. The molecule has 3 saturated carbocycles. The van der Waals surface area contributed by atoms with Crippen LogP contribution in [0.2, 0.25) is 0 Å². The van der Waals surface area contributed by atoms with Gasteiger partial charge in [0.1, 0.15) is 5.60 Å². The fraction of sp³-hybridized carbons (Fsp3) is 0.630. The maximum Gasteiger partial charge on any atom is 0.407 e. The monoisotopic (exact) mass is 436 g/mol. The molecule has 0 radical (unpaired) electrons. The maximum atomic E-state index is 13.5. The third kappa shape index (κ3) is 4.57. The predicted octanol–water partition coefficient (Wildman–Crippen LogP) is 5.91. The number of pyridine rings is 1. The molecule has 0 atom stereocenters. The highest BCUT2D eigenvalue weighted by Crippen LogP contribution is 2.52. The molecule has 1 amide bonds. The summed E-state index contributed by atoms with van der Waals surface area (Å²) in [7, 11) is 0. The highest BCUT2D eigenvalue weighted by molar-refractivity contribution is 5.85. The van der Waals surface area contributed by atoms with E-state index in [1.807, 2.05) is 39.0 Å². The van der Waals surface area contributed by atoms with Crippen LogP contribution >= 0.6 is 0 Å². The minimum atomic E-state index is -0.479. The maximum absolute atomic E-state index is 13.5. The minimum absolute atomic E-state index is 0.156. The average Bonchev–Trinajstić information content (AvgIpc) is 3.65. The van der Waals surface area contributed by atoms with Gasteiger partial charge in [-0.3, -0.25) is 4.79 Å². The van der Waals surface area contributed by atoms with E-state index in [1.165, 1.54) is 31.2 Å². The number of carbonyl (C=O) groups is 1. The molecule has 32 heavy (non-hydrogen) atoms. The van der Waals surface area contributed by atoms with Crippen LogP contribution in [0.15, 0.2) is 35.3 Å². The lowest BCUT2D eigenvalue weighted by molar-refractivity contribution is 0.0491. The van der Waals surface area contributed by atoms with Gasteiger partial charge in [0.05, 0.1) is 0 Å². The summed E-state index contributed by atoms with van der Waals surface area (Å²) in [5.74, 6) is 1.79. The molecule has 172 valence electrons. The second kappa shape index (κ2) is 8.24. The number of alkyl carbamates (subject to hydrolysis) is 1. The molecule has 1 N–H and O–H groups in total. The molecule has 0 bridgehead atoms. The van der Waals surface area contributed by atoms with Crippen molar-refractivity contribution in [1.29, 1.82) is 0 Å². The second-order valence-electron chi connectivity index (χ2n) is 11.2. The number of hydrogen-bond donors (Lipinski definition) is 1. The number of rotatable bonds is 5. The van der Waals surface area contributed by atoms with E-state index in [9.17, 15) is 9.59 Å². The van der Waals surface area contributed by atoms with E-state index in [2.05, 4.69) is 22.1 Å². The van der Waals surface area contributed by atoms with Crippen LogP contribution in [0.5, 0.6) is 0 Å². The predicted molar refractivity (Wildman–Crippen MR) is 127 cm³/mol. The van der Waals surface area contributed by atoms with Crippen LogP contribution in [0.4, 0.5) is 4.79 Å². The van der Waals surface area contributed by atoms with Crippen LogP contribution in [0.3, 0.4) is 0 Å². The lowest BCUT2D eigenvalue weighted by Crippen LogP contribution is -2.40. The molecule has 5 nitrogen and oxygen atoms in total. The Kier molecular flexibility index (Phi) is 5.55. The molecule has 0 unspecified atom stereocenters. The smallest absolute Gasteiger partial charge is 0.407 e. The van der Waals surface area contributed by atoms with Gasteiger partial charge in [-0.05, 0) is 107 Å². The zero-order valence-electron chi connectivity index (χ0n) is 19.6. The van der Waals surface area contributed by atoms with E-state index in [-0.39, 0.29) is 17.7 Å². The normalized spacial score (nSPS) is 24.0. The molecule has 5 rings (SSSR count). The van der Waals surface area contributed by atoms with Gasteiger partial charge < -0.3 is 14.6 Å². The summed E-state index contributed by atoms with van der Waals surface area (Å²) in [6, 6.07) is 8.70. The van der Waals surface area contributed by atoms with Crippen LogP contribution in [0.1, 0.15) is 89.7 Å². The number of nitrogens with one attached hydrogen (secondary N) is 1. The topological polar surface area (TPSA) is 60.3 Å².